The molecule has 0 amide bonds. The van der Waals surface area contributed by atoms with E-state index in [2.05, 4.69) is 27.6 Å². The van der Waals surface area contributed by atoms with Crippen molar-refractivity contribution in [2.24, 2.45) is 0 Å². The van der Waals surface area contributed by atoms with Crippen LogP contribution >= 0.6 is 12.2 Å². The molecule has 1 aromatic heterocycles. The highest BCUT2D eigenvalue weighted by Gasteiger charge is 1.80. The summed E-state index contributed by atoms with van der Waals surface area (Å²) in [4.78, 5) is 7.47. The quantitative estimate of drug-likeness (QED) is 0.514. The van der Waals surface area contributed by atoms with Gasteiger partial charge in [0.2, 0.25) is 0 Å². The van der Waals surface area contributed by atoms with Gasteiger partial charge in [-0.1, -0.05) is 12.2 Å². The normalized spacial score (nSPS) is 8.50. The molecule has 3 heteroatoms. The van der Waals surface area contributed by atoms with Gasteiger partial charge in [0.1, 0.15) is 6.33 Å². The van der Waals surface area contributed by atoms with E-state index in [-0.39, 0.29) is 0 Å². The van der Waals surface area contributed by atoms with Crippen LogP contribution in [0.5, 0.6) is 0 Å². The second-order valence-corrected chi connectivity index (χ2v) is 1.40. The predicted octanol–water partition coefficient (Wildman–Crippen LogP) is 0.701. The lowest BCUT2D eigenvalue weighted by Gasteiger charge is -1.81. The van der Waals surface area contributed by atoms with Gasteiger partial charge < -0.3 is 0 Å². The minimum absolute atomic E-state index is 0.662. The smallest absolute Gasteiger partial charge is 0.116 e. The maximum absolute atomic E-state index is 4.48. The van der Waals surface area contributed by atoms with E-state index < -0.39 is 0 Å². The third kappa shape index (κ3) is 1.07. The molecule has 0 unspecified atom stereocenters. The summed E-state index contributed by atoms with van der Waals surface area (Å²) in [6.07, 6.45) is 3.07. The van der Waals surface area contributed by atoms with Gasteiger partial charge in [-0.15, -0.1) is 0 Å². The molecule has 0 saturated carbocycles. The lowest BCUT2D eigenvalue weighted by Crippen LogP contribution is -1.82. The van der Waals surface area contributed by atoms with E-state index in [1.165, 1.54) is 6.33 Å². The molecule has 0 saturated heterocycles. The summed E-state index contributed by atoms with van der Waals surface area (Å²) < 4.78 is 0. The Hall–Kier alpha value is -0.830. The minimum Gasteiger partial charge on any atom is -0.245 e. The predicted molar refractivity (Wildman–Crippen MR) is 33.7 cm³/mol. The van der Waals surface area contributed by atoms with Crippen molar-refractivity contribution in [1.29, 1.82) is 0 Å². The molecule has 0 aliphatic rings. The fraction of sp³-hybridized carbons (Fsp3) is 0. The molecule has 0 aromatic carbocycles. The van der Waals surface area contributed by atoms with Gasteiger partial charge in [0, 0.05) is 6.20 Å². The van der Waals surface area contributed by atoms with Gasteiger partial charge in [-0.25, -0.2) is 9.97 Å². The van der Waals surface area contributed by atoms with Crippen molar-refractivity contribution >= 4 is 17.6 Å². The number of hydrogen-bond acceptors (Lipinski definition) is 3. The van der Waals surface area contributed by atoms with Crippen molar-refractivity contribution in [2.75, 3.05) is 0 Å². The molecular formula is C5H3N2S. The van der Waals surface area contributed by atoms with Crippen LogP contribution in [0.3, 0.4) is 0 Å². The Bertz CT molecular complexity index is 173. The summed E-state index contributed by atoms with van der Waals surface area (Å²) in [5, 5.41) is 2.46. The molecule has 8 heavy (non-hydrogen) atoms. The van der Waals surface area contributed by atoms with E-state index >= 15 is 0 Å². The standard InChI is InChI=1S/C5H3N2S/c8-3-5-1-2-6-4-7-5/h1-2,4H. The van der Waals surface area contributed by atoms with E-state index in [1.54, 1.807) is 12.3 Å². The molecule has 39 valence electrons. The van der Waals surface area contributed by atoms with E-state index in [9.17, 15) is 0 Å². The summed E-state index contributed by atoms with van der Waals surface area (Å²) in [5.74, 6) is 0. The van der Waals surface area contributed by atoms with Crippen LogP contribution in [0, 0.1) is 0 Å². The van der Waals surface area contributed by atoms with Crippen LogP contribution in [0.4, 0.5) is 0 Å². The van der Waals surface area contributed by atoms with Gasteiger partial charge in [-0.05, 0) is 6.07 Å². The molecule has 1 heterocycles. The zero-order chi connectivity index (χ0) is 5.82. The average molecular weight is 123 g/mol. The molecule has 2 nitrogen and oxygen atoms in total. The molecule has 0 spiro atoms. The van der Waals surface area contributed by atoms with E-state index in [0.29, 0.717) is 5.69 Å². The van der Waals surface area contributed by atoms with Gasteiger partial charge >= 0.3 is 0 Å². The number of thiocarbonyl (C=S) groups is 1. The molecule has 1 rings (SSSR count). The van der Waals surface area contributed by atoms with E-state index in [4.69, 9.17) is 0 Å². The Labute approximate surface area is 52.6 Å². The second kappa shape index (κ2) is 2.47. The van der Waals surface area contributed by atoms with Crippen LogP contribution in [0.15, 0.2) is 18.6 Å². The summed E-state index contributed by atoms with van der Waals surface area (Å²) >= 11 is 4.48. The molecule has 0 fully saturated rings. The fourth-order valence-corrected chi connectivity index (χ4v) is 0.472. The number of hydrogen-bond donors (Lipinski definition) is 0. The Kier molecular flexibility index (Phi) is 1.64. The molecule has 0 N–H and O–H groups in total. The maximum atomic E-state index is 4.48. The van der Waals surface area contributed by atoms with Crippen molar-refractivity contribution in [3.8, 4) is 0 Å². The Morgan fingerprint density at radius 1 is 1.62 bits per heavy atom. The Morgan fingerprint density at radius 3 is 2.88 bits per heavy atom. The summed E-state index contributed by atoms with van der Waals surface area (Å²) in [5.41, 5.74) is 0.662. The second-order valence-electron chi connectivity index (χ2n) is 1.20. The SMILES string of the molecule is S=[C]c1ccncn1. The molecule has 0 atom stereocenters. The fourth-order valence-electron chi connectivity index (χ4n) is 0.351. The van der Waals surface area contributed by atoms with Gasteiger partial charge in [0.05, 0.1) is 11.1 Å². The zero-order valence-electron chi connectivity index (χ0n) is 4.03. The molecule has 1 aromatic rings. The van der Waals surface area contributed by atoms with Crippen molar-refractivity contribution in [1.82, 2.24) is 9.97 Å². The molecular weight excluding hydrogens is 120 g/mol. The highest BCUT2D eigenvalue weighted by atomic mass is 32.1. The molecule has 0 aliphatic heterocycles. The highest BCUT2D eigenvalue weighted by molar-refractivity contribution is 7.79. The number of rotatable bonds is 1. The molecule has 0 bridgehead atoms. The zero-order valence-corrected chi connectivity index (χ0v) is 4.85. The summed E-state index contributed by atoms with van der Waals surface area (Å²) in [7, 11) is 0. The van der Waals surface area contributed by atoms with Crippen LogP contribution < -0.4 is 0 Å². The number of nitrogens with zero attached hydrogens (tertiary/aromatic N) is 2. The van der Waals surface area contributed by atoms with Crippen LogP contribution in [-0.2, 0) is 0 Å². The first-order chi connectivity index (χ1) is 3.93. The maximum Gasteiger partial charge on any atom is 0.116 e. The minimum atomic E-state index is 0.662. The van der Waals surface area contributed by atoms with Gasteiger partial charge in [-0.3, -0.25) is 0 Å². The highest BCUT2D eigenvalue weighted by Crippen LogP contribution is 1.83. The van der Waals surface area contributed by atoms with Crippen molar-refractivity contribution in [3.05, 3.63) is 24.3 Å². The van der Waals surface area contributed by atoms with Crippen LogP contribution in [0.1, 0.15) is 5.69 Å². The van der Waals surface area contributed by atoms with Gasteiger partial charge in [-0.2, -0.15) is 0 Å². The van der Waals surface area contributed by atoms with Crippen LogP contribution in [0.25, 0.3) is 0 Å². The first-order valence-electron chi connectivity index (χ1n) is 2.07. The summed E-state index contributed by atoms with van der Waals surface area (Å²) in [6.45, 7) is 0. The Balaban J connectivity index is 2.99. The monoisotopic (exact) mass is 123 g/mol. The van der Waals surface area contributed by atoms with E-state index in [1.807, 2.05) is 0 Å². The number of aromatic nitrogens is 2. The first-order valence-corrected chi connectivity index (χ1v) is 2.48. The van der Waals surface area contributed by atoms with Gasteiger partial charge in [0.15, 0.2) is 0 Å². The van der Waals surface area contributed by atoms with E-state index in [0.717, 1.165) is 0 Å². The average Bonchev–Trinajstić information content (AvgIpc) is 1.90. The summed E-state index contributed by atoms with van der Waals surface area (Å²) in [6, 6.07) is 1.70. The van der Waals surface area contributed by atoms with Gasteiger partial charge in [0.25, 0.3) is 0 Å². The lowest BCUT2D eigenvalue weighted by atomic mass is 10.5. The van der Waals surface area contributed by atoms with Crippen LogP contribution in [-0.4, -0.2) is 15.3 Å². The Morgan fingerprint density at radius 2 is 2.50 bits per heavy atom. The van der Waals surface area contributed by atoms with Crippen LogP contribution in [0.2, 0.25) is 0 Å². The third-order valence-corrected chi connectivity index (χ3v) is 0.896. The molecule has 0 aliphatic carbocycles. The molecule has 1 radical (unpaired) electrons. The van der Waals surface area contributed by atoms with Crippen molar-refractivity contribution in [3.63, 3.8) is 0 Å². The van der Waals surface area contributed by atoms with Crippen molar-refractivity contribution < 1.29 is 0 Å². The topological polar surface area (TPSA) is 25.8 Å². The largest absolute Gasteiger partial charge is 0.245 e. The van der Waals surface area contributed by atoms with Crippen molar-refractivity contribution in [2.45, 2.75) is 0 Å². The lowest BCUT2D eigenvalue weighted by molar-refractivity contribution is 1.16. The third-order valence-electron chi connectivity index (χ3n) is 0.687. The first kappa shape index (κ1) is 5.31.